The average Bonchev–Trinajstić information content (AvgIpc) is 2.70. The Balaban J connectivity index is 1.64. The summed E-state index contributed by atoms with van der Waals surface area (Å²) in [6.07, 6.45) is 0. The summed E-state index contributed by atoms with van der Waals surface area (Å²) in [5.74, 6) is 0. The summed E-state index contributed by atoms with van der Waals surface area (Å²) < 4.78 is 27.7. The molecule has 0 aromatic heterocycles. The van der Waals surface area contributed by atoms with Gasteiger partial charge in [0.1, 0.15) is 0 Å². The van der Waals surface area contributed by atoms with Gasteiger partial charge in [0.05, 0.1) is 4.90 Å². The van der Waals surface area contributed by atoms with Crippen molar-refractivity contribution in [1.82, 2.24) is 9.21 Å². The quantitative estimate of drug-likeness (QED) is 0.714. The molecule has 7 heteroatoms. The zero-order valence-electron chi connectivity index (χ0n) is 18.4. The van der Waals surface area contributed by atoms with Crippen LogP contribution in [0.4, 0.5) is 5.69 Å². The van der Waals surface area contributed by atoms with E-state index in [1.54, 1.807) is 16.4 Å². The summed E-state index contributed by atoms with van der Waals surface area (Å²) in [6, 6.07) is 13.5. The number of hydrogen-bond acceptors (Lipinski definition) is 3. The molecular formula is C23H31N3O2S2. The fourth-order valence-corrected chi connectivity index (χ4v) is 5.19. The third-order valence-corrected chi connectivity index (χ3v) is 7.79. The second-order valence-electron chi connectivity index (χ2n) is 8.91. The fraction of sp³-hybridized carbons (Fsp3) is 0.435. The van der Waals surface area contributed by atoms with Gasteiger partial charge in [0.25, 0.3) is 0 Å². The number of nitrogens with one attached hydrogen (secondary N) is 1. The number of benzene rings is 2. The van der Waals surface area contributed by atoms with Crippen molar-refractivity contribution < 1.29 is 8.42 Å². The number of thiocarbonyl (C=S) groups is 1. The number of anilines is 1. The normalized spacial score (nSPS) is 15.8. The second kappa shape index (κ2) is 8.65. The Labute approximate surface area is 186 Å². The summed E-state index contributed by atoms with van der Waals surface area (Å²) in [5.41, 5.74) is 4.40. The maximum Gasteiger partial charge on any atom is 0.243 e. The number of sulfonamides is 1. The lowest BCUT2D eigenvalue weighted by molar-refractivity contribution is 0.268. The molecule has 1 aliphatic heterocycles. The molecule has 0 unspecified atom stereocenters. The number of hydrogen-bond donors (Lipinski definition) is 1. The molecule has 2 aromatic carbocycles. The Morgan fingerprint density at radius 3 is 2.13 bits per heavy atom. The first kappa shape index (κ1) is 22.7. The Morgan fingerprint density at radius 2 is 1.57 bits per heavy atom. The minimum Gasteiger partial charge on any atom is -0.346 e. The molecule has 0 amide bonds. The van der Waals surface area contributed by atoms with Crippen molar-refractivity contribution in [1.29, 1.82) is 0 Å². The number of rotatable bonds is 3. The number of piperazine rings is 1. The van der Waals surface area contributed by atoms with Gasteiger partial charge in [-0.15, -0.1) is 0 Å². The molecule has 1 heterocycles. The molecule has 162 valence electrons. The number of nitrogens with zero attached hydrogens (tertiary/aromatic N) is 2. The highest BCUT2D eigenvalue weighted by atomic mass is 32.2. The van der Waals surface area contributed by atoms with E-state index in [1.165, 1.54) is 5.56 Å². The lowest BCUT2D eigenvalue weighted by Crippen LogP contribution is -2.51. The van der Waals surface area contributed by atoms with E-state index in [4.69, 9.17) is 12.2 Å². The molecule has 30 heavy (non-hydrogen) atoms. The van der Waals surface area contributed by atoms with E-state index in [-0.39, 0.29) is 5.41 Å². The monoisotopic (exact) mass is 445 g/mol. The predicted molar refractivity (Wildman–Crippen MR) is 128 cm³/mol. The van der Waals surface area contributed by atoms with E-state index >= 15 is 0 Å². The molecule has 0 saturated carbocycles. The zero-order valence-corrected chi connectivity index (χ0v) is 20.0. The van der Waals surface area contributed by atoms with Gasteiger partial charge in [0.15, 0.2) is 5.11 Å². The van der Waals surface area contributed by atoms with Gasteiger partial charge in [-0.05, 0) is 66.4 Å². The van der Waals surface area contributed by atoms with Gasteiger partial charge in [0.2, 0.25) is 10.0 Å². The van der Waals surface area contributed by atoms with E-state index in [2.05, 4.69) is 44.3 Å². The highest BCUT2D eigenvalue weighted by Gasteiger charge is 2.29. The van der Waals surface area contributed by atoms with Crippen molar-refractivity contribution in [3.05, 3.63) is 59.2 Å². The minimum absolute atomic E-state index is 0.00768. The molecule has 1 saturated heterocycles. The zero-order chi connectivity index (χ0) is 22.1. The van der Waals surface area contributed by atoms with Gasteiger partial charge < -0.3 is 10.2 Å². The van der Waals surface area contributed by atoms with E-state index in [1.807, 2.05) is 30.9 Å². The van der Waals surface area contributed by atoms with Crippen LogP contribution in [0.2, 0.25) is 0 Å². The molecule has 0 aliphatic carbocycles. The lowest BCUT2D eigenvalue weighted by Gasteiger charge is -2.35. The highest BCUT2D eigenvalue weighted by molar-refractivity contribution is 7.89. The van der Waals surface area contributed by atoms with Crippen molar-refractivity contribution in [3.63, 3.8) is 0 Å². The molecule has 5 nitrogen and oxygen atoms in total. The van der Waals surface area contributed by atoms with Crippen LogP contribution in [0.5, 0.6) is 0 Å². The summed E-state index contributed by atoms with van der Waals surface area (Å²) in [7, 11) is -3.50. The molecule has 1 N–H and O–H groups in total. The fourth-order valence-electron chi connectivity index (χ4n) is 3.47. The Bertz CT molecular complexity index is 1020. The van der Waals surface area contributed by atoms with Gasteiger partial charge in [-0.2, -0.15) is 4.31 Å². The summed E-state index contributed by atoms with van der Waals surface area (Å²) in [5, 5.41) is 3.95. The Hall–Kier alpha value is -1.96. The third-order valence-electron chi connectivity index (χ3n) is 5.52. The van der Waals surface area contributed by atoms with Crippen molar-refractivity contribution in [2.24, 2.45) is 0 Å². The Morgan fingerprint density at radius 1 is 0.967 bits per heavy atom. The molecule has 2 aromatic rings. The van der Waals surface area contributed by atoms with Crippen LogP contribution < -0.4 is 5.32 Å². The minimum atomic E-state index is -3.50. The van der Waals surface area contributed by atoms with E-state index in [9.17, 15) is 8.42 Å². The average molecular weight is 446 g/mol. The molecular weight excluding hydrogens is 414 g/mol. The topological polar surface area (TPSA) is 52.6 Å². The van der Waals surface area contributed by atoms with E-state index < -0.39 is 10.0 Å². The third kappa shape index (κ3) is 5.02. The van der Waals surface area contributed by atoms with Crippen LogP contribution in [0, 0.1) is 13.8 Å². The molecule has 3 rings (SSSR count). The summed E-state index contributed by atoms with van der Waals surface area (Å²) in [6.45, 7) is 12.4. The lowest BCUT2D eigenvalue weighted by atomic mass is 9.87. The SMILES string of the molecule is Cc1ccc(C)c(NC(=S)N2CCN(S(=O)(=O)c3ccc(C(C)(C)C)cc3)CC2)c1. The van der Waals surface area contributed by atoms with Crippen LogP contribution in [0.1, 0.15) is 37.5 Å². The number of aryl methyl sites for hydroxylation is 2. The van der Waals surface area contributed by atoms with Crippen LogP contribution in [-0.4, -0.2) is 48.9 Å². The van der Waals surface area contributed by atoms with Crippen LogP contribution in [0.3, 0.4) is 0 Å². The van der Waals surface area contributed by atoms with Crippen molar-refractivity contribution in [2.45, 2.75) is 44.9 Å². The smallest absolute Gasteiger partial charge is 0.243 e. The Kier molecular flexibility index (Phi) is 6.55. The molecule has 0 spiro atoms. The molecule has 1 fully saturated rings. The molecule has 0 radical (unpaired) electrons. The largest absolute Gasteiger partial charge is 0.346 e. The van der Waals surface area contributed by atoms with Crippen molar-refractivity contribution in [3.8, 4) is 0 Å². The van der Waals surface area contributed by atoms with Crippen molar-refractivity contribution >= 4 is 33.0 Å². The highest BCUT2D eigenvalue weighted by Crippen LogP contribution is 2.25. The maximum atomic E-state index is 13.1. The van der Waals surface area contributed by atoms with Crippen molar-refractivity contribution in [2.75, 3.05) is 31.5 Å². The van der Waals surface area contributed by atoms with E-state index in [0.29, 0.717) is 36.2 Å². The van der Waals surface area contributed by atoms with Gasteiger partial charge in [-0.25, -0.2) is 8.42 Å². The molecule has 0 bridgehead atoms. The first-order chi connectivity index (χ1) is 14.0. The maximum absolute atomic E-state index is 13.1. The molecule has 1 aliphatic rings. The first-order valence-corrected chi connectivity index (χ1v) is 12.1. The van der Waals surface area contributed by atoms with Crippen LogP contribution in [-0.2, 0) is 15.4 Å². The second-order valence-corrected chi connectivity index (χ2v) is 11.2. The molecule has 0 atom stereocenters. The standard InChI is InChI=1S/C23H31N3O2S2/c1-17-6-7-18(2)21(16-17)24-22(29)25-12-14-26(15-13-25)30(27,28)20-10-8-19(9-11-20)23(3,4)5/h6-11,16H,12-15H2,1-5H3,(H,24,29). The van der Waals surface area contributed by atoms with Gasteiger partial charge in [0, 0.05) is 31.9 Å². The summed E-state index contributed by atoms with van der Waals surface area (Å²) in [4.78, 5) is 2.38. The predicted octanol–water partition coefficient (Wildman–Crippen LogP) is 4.30. The van der Waals surface area contributed by atoms with Crippen LogP contribution in [0.25, 0.3) is 0 Å². The van der Waals surface area contributed by atoms with Gasteiger partial charge in [-0.1, -0.05) is 45.0 Å². The van der Waals surface area contributed by atoms with Gasteiger partial charge in [-0.3, -0.25) is 0 Å². The first-order valence-electron chi connectivity index (χ1n) is 10.2. The van der Waals surface area contributed by atoms with Crippen LogP contribution in [0.15, 0.2) is 47.4 Å². The van der Waals surface area contributed by atoms with Crippen LogP contribution >= 0.6 is 12.2 Å². The van der Waals surface area contributed by atoms with Gasteiger partial charge >= 0.3 is 0 Å². The van der Waals surface area contributed by atoms with E-state index in [0.717, 1.165) is 16.8 Å². The summed E-state index contributed by atoms with van der Waals surface area (Å²) >= 11 is 5.58.